The van der Waals surface area contributed by atoms with E-state index in [1.165, 1.54) is 4.68 Å². The van der Waals surface area contributed by atoms with E-state index in [0.717, 1.165) is 0 Å². The monoisotopic (exact) mass is 268 g/mol. The quantitative estimate of drug-likeness (QED) is 0.686. The summed E-state index contributed by atoms with van der Waals surface area (Å²) in [6.45, 7) is 1.67. The Morgan fingerprint density at radius 3 is 2.37 bits per heavy atom. The van der Waals surface area contributed by atoms with Gasteiger partial charge in [-0.05, 0) is 6.92 Å². The van der Waals surface area contributed by atoms with E-state index in [4.69, 9.17) is 0 Å². The number of anilines is 2. The van der Waals surface area contributed by atoms with Gasteiger partial charge in [-0.3, -0.25) is 14.8 Å². The van der Waals surface area contributed by atoms with Gasteiger partial charge in [0.15, 0.2) is 11.6 Å². The molecule has 0 saturated heterocycles. The van der Waals surface area contributed by atoms with E-state index in [1.807, 2.05) is 0 Å². The maximum absolute atomic E-state index is 13.7. The lowest BCUT2D eigenvalue weighted by molar-refractivity contribution is -0.385. The average molecular weight is 268 g/mol. The molecule has 8 heteroatoms. The van der Waals surface area contributed by atoms with Crippen LogP contribution in [0, 0.1) is 28.7 Å². The van der Waals surface area contributed by atoms with Gasteiger partial charge in [-0.2, -0.15) is 5.10 Å². The number of aryl methyl sites for hydroxylation is 2. The predicted molar refractivity (Wildman–Crippen MR) is 64.2 cm³/mol. The zero-order valence-electron chi connectivity index (χ0n) is 10.1. The Hall–Kier alpha value is -2.51. The highest BCUT2D eigenvalue weighted by atomic mass is 19.1. The molecule has 1 aromatic heterocycles. The topological polar surface area (TPSA) is 73.0 Å². The van der Waals surface area contributed by atoms with Crippen molar-refractivity contribution in [3.63, 3.8) is 0 Å². The standard InChI is InChI=1S/C11H10F2N4O2/c1-6-10(5-16(2)15-6)14-11-8(12)3-7(17(18)19)4-9(11)13/h3-5,14H,1-2H3. The van der Waals surface area contributed by atoms with Gasteiger partial charge in [0, 0.05) is 13.2 Å². The van der Waals surface area contributed by atoms with Crippen LogP contribution in [0.2, 0.25) is 0 Å². The van der Waals surface area contributed by atoms with E-state index in [-0.39, 0.29) is 0 Å². The Morgan fingerprint density at radius 1 is 1.37 bits per heavy atom. The Morgan fingerprint density at radius 2 is 1.95 bits per heavy atom. The van der Waals surface area contributed by atoms with Crippen LogP contribution in [0.4, 0.5) is 25.8 Å². The first-order chi connectivity index (χ1) is 8.88. The molecule has 0 unspecified atom stereocenters. The number of hydrogen-bond acceptors (Lipinski definition) is 4. The summed E-state index contributed by atoms with van der Waals surface area (Å²) in [4.78, 5) is 9.62. The highest BCUT2D eigenvalue weighted by Crippen LogP contribution is 2.28. The number of non-ortho nitro benzene ring substituents is 1. The van der Waals surface area contributed by atoms with Gasteiger partial charge in [-0.25, -0.2) is 8.78 Å². The van der Waals surface area contributed by atoms with Crippen LogP contribution < -0.4 is 5.32 Å². The third-order valence-corrected chi connectivity index (χ3v) is 2.51. The van der Waals surface area contributed by atoms with Crippen LogP contribution in [0.5, 0.6) is 0 Å². The lowest BCUT2D eigenvalue weighted by Crippen LogP contribution is -2.00. The molecule has 0 amide bonds. The number of aromatic nitrogens is 2. The number of nitro benzene ring substituents is 1. The minimum Gasteiger partial charge on any atom is -0.348 e. The number of hydrogen-bond donors (Lipinski definition) is 1. The molecule has 0 aliphatic heterocycles. The molecule has 0 saturated carbocycles. The van der Waals surface area contributed by atoms with Crippen LogP contribution in [0.15, 0.2) is 18.3 Å². The molecule has 0 bridgehead atoms. The predicted octanol–water partition coefficient (Wildman–Crippen LogP) is 2.66. The van der Waals surface area contributed by atoms with Gasteiger partial charge in [0.05, 0.1) is 28.4 Å². The highest BCUT2D eigenvalue weighted by Gasteiger charge is 2.18. The Kier molecular flexibility index (Phi) is 3.16. The minimum absolute atomic E-state index is 0.425. The van der Waals surface area contributed by atoms with Crippen LogP contribution in [0.25, 0.3) is 0 Å². The molecule has 2 rings (SSSR count). The first-order valence-corrected chi connectivity index (χ1v) is 5.29. The summed E-state index contributed by atoms with van der Waals surface area (Å²) in [5, 5.41) is 17.0. The van der Waals surface area contributed by atoms with E-state index in [9.17, 15) is 18.9 Å². The zero-order chi connectivity index (χ0) is 14.2. The molecule has 0 aliphatic rings. The molecular weight excluding hydrogens is 258 g/mol. The number of halogens is 2. The smallest absolute Gasteiger partial charge is 0.275 e. The van der Waals surface area contributed by atoms with E-state index < -0.39 is 27.9 Å². The van der Waals surface area contributed by atoms with E-state index >= 15 is 0 Å². The van der Waals surface area contributed by atoms with Gasteiger partial charge in [-0.15, -0.1) is 0 Å². The van der Waals surface area contributed by atoms with Crippen LogP contribution in [-0.2, 0) is 7.05 Å². The summed E-state index contributed by atoms with van der Waals surface area (Å²) in [6, 6.07) is 1.33. The molecule has 1 aromatic carbocycles. The van der Waals surface area contributed by atoms with Crippen molar-refractivity contribution in [2.75, 3.05) is 5.32 Å². The Balaban J connectivity index is 2.41. The zero-order valence-corrected chi connectivity index (χ0v) is 10.1. The molecule has 0 aliphatic carbocycles. The molecule has 2 aromatic rings. The lowest BCUT2D eigenvalue weighted by Gasteiger charge is -2.07. The van der Waals surface area contributed by atoms with Crippen molar-refractivity contribution < 1.29 is 13.7 Å². The molecule has 6 nitrogen and oxygen atoms in total. The summed E-state index contributed by atoms with van der Waals surface area (Å²) in [5.41, 5.74) is -0.0982. The molecule has 0 spiro atoms. The molecule has 100 valence electrons. The molecule has 19 heavy (non-hydrogen) atoms. The fourth-order valence-corrected chi connectivity index (χ4v) is 1.64. The minimum atomic E-state index is -1.03. The summed E-state index contributed by atoms with van der Waals surface area (Å²) < 4.78 is 28.8. The first kappa shape index (κ1) is 12.9. The fourth-order valence-electron chi connectivity index (χ4n) is 1.64. The van der Waals surface area contributed by atoms with Crippen molar-refractivity contribution in [2.24, 2.45) is 7.05 Å². The second-order valence-electron chi connectivity index (χ2n) is 3.97. The van der Waals surface area contributed by atoms with Crippen molar-refractivity contribution >= 4 is 17.1 Å². The number of nitro groups is 1. The fraction of sp³-hybridized carbons (Fsp3) is 0.182. The number of nitrogens with one attached hydrogen (secondary N) is 1. The number of benzene rings is 1. The van der Waals surface area contributed by atoms with Gasteiger partial charge in [0.2, 0.25) is 0 Å². The largest absolute Gasteiger partial charge is 0.348 e. The van der Waals surface area contributed by atoms with E-state index in [2.05, 4.69) is 10.4 Å². The summed E-state index contributed by atoms with van der Waals surface area (Å²) in [5.74, 6) is -2.06. The second-order valence-corrected chi connectivity index (χ2v) is 3.97. The molecule has 1 heterocycles. The highest BCUT2D eigenvalue weighted by molar-refractivity contribution is 5.63. The maximum atomic E-state index is 13.7. The molecular formula is C11H10F2N4O2. The van der Waals surface area contributed by atoms with E-state index in [1.54, 1.807) is 20.2 Å². The molecule has 1 N–H and O–H groups in total. The van der Waals surface area contributed by atoms with Gasteiger partial charge < -0.3 is 5.32 Å². The average Bonchev–Trinajstić information content (AvgIpc) is 2.62. The summed E-state index contributed by atoms with van der Waals surface area (Å²) in [7, 11) is 1.67. The van der Waals surface area contributed by atoms with Gasteiger partial charge in [0.25, 0.3) is 5.69 Å². The van der Waals surface area contributed by atoms with Crippen molar-refractivity contribution in [1.29, 1.82) is 0 Å². The second kappa shape index (κ2) is 4.63. The third-order valence-electron chi connectivity index (χ3n) is 2.51. The maximum Gasteiger partial charge on any atom is 0.275 e. The molecule has 0 radical (unpaired) electrons. The van der Waals surface area contributed by atoms with Crippen molar-refractivity contribution in [1.82, 2.24) is 9.78 Å². The lowest BCUT2D eigenvalue weighted by atomic mass is 10.2. The van der Waals surface area contributed by atoms with Crippen molar-refractivity contribution in [3.8, 4) is 0 Å². The summed E-state index contributed by atoms with van der Waals surface area (Å²) in [6.07, 6.45) is 1.55. The van der Waals surface area contributed by atoms with Crippen LogP contribution >= 0.6 is 0 Å². The molecule has 0 fully saturated rings. The summed E-state index contributed by atoms with van der Waals surface area (Å²) >= 11 is 0. The van der Waals surface area contributed by atoms with Crippen molar-refractivity contribution in [2.45, 2.75) is 6.92 Å². The first-order valence-electron chi connectivity index (χ1n) is 5.29. The van der Waals surface area contributed by atoms with Crippen LogP contribution in [0.3, 0.4) is 0 Å². The van der Waals surface area contributed by atoms with Crippen molar-refractivity contribution in [3.05, 3.63) is 45.8 Å². The van der Waals surface area contributed by atoms with E-state index in [0.29, 0.717) is 23.5 Å². The van der Waals surface area contributed by atoms with Gasteiger partial charge in [-0.1, -0.05) is 0 Å². The SMILES string of the molecule is Cc1nn(C)cc1Nc1c(F)cc([N+](=O)[O-])cc1F. The molecule has 0 atom stereocenters. The third kappa shape index (κ3) is 2.51. The van der Waals surface area contributed by atoms with Gasteiger partial charge >= 0.3 is 0 Å². The van der Waals surface area contributed by atoms with Crippen LogP contribution in [0.1, 0.15) is 5.69 Å². The van der Waals surface area contributed by atoms with Gasteiger partial charge in [0.1, 0.15) is 5.69 Å². The van der Waals surface area contributed by atoms with Crippen LogP contribution in [-0.4, -0.2) is 14.7 Å². The Labute approximate surface area is 106 Å². The number of rotatable bonds is 3. The Bertz CT molecular complexity index is 631. The number of nitrogens with zero attached hydrogens (tertiary/aromatic N) is 3. The normalized spacial score (nSPS) is 10.5.